The van der Waals surface area contributed by atoms with Gasteiger partial charge in [-0.1, -0.05) is 126 Å². The number of aliphatic imine (C=N–C) groups is 1. The van der Waals surface area contributed by atoms with Crippen molar-refractivity contribution in [3.63, 3.8) is 0 Å². The second-order valence-electron chi connectivity index (χ2n) is 36.9. The van der Waals surface area contributed by atoms with Gasteiger partial charge in [0.1, 0.15) is 80.3 Å². The molecule has 22 rings (SSSR count). The van der Waals surface area contributed by atoms with Crippen LogP contribution in [0.4, 0.5) is 46.7 Å². The van der Waals surface area contributed by atoms with Crippen molar-refractivity contribution in [1.82, 2.24) is 101 Å². The van der Waals surface area contributed by atoms with Gasteiger partial charge in [0.15, 0.2) is 0 Å². The first-order valence-electron chi connectivity index (χ1n) is 45.3. The molecule has 14 N–H and O–H groups in total. The number of hydrogen-bond acceptors (Lipinski definition) is 26. The molecule has 16 heterocycles. The SMILES string of the molecule is CC1(F)CCC2(CCN(c3cnc4c(-c5cccc(Cl)c5Cl)[nH]nc4n3)CC2)C1N.CCC1(N)CCN(c2cnc3c(-c4cccc(F)c4Cl)[nH]nc3n2)CC1.CCC1(O)CCN(c2cnc3c(-c4c(F)cccc4Cl)[nH]nc3n2)CC1.Cc1[nH]ncc1C1=NCc2nc(N3CCC(C)(N)CC3)cnc21.NC1C(F)CCC12CCN(c1cnc3c(-c4cccc(Cl)c4Cl)[nH]nc3n1)CC2. The minimum absolute atomic E-state index is 0.0406. The lowest BCUT2D eigenvalue weighted by Gasteiger charge is -2.43. The normalized spacial score (nSPS) is 21.0. The van der Waals surface area contributed by atoms with E-state index in [2.05, 4.69) is 134 Å². The number of aromatic amines is 5. The zero-order chi connectivity index (χ0) is 93.9. The van der Waals surface area contributed by atoms with Gasteiger partial charge in [-0.15, -0.1) is 0 Å². The maximum Gasteiger partial charge on any atom is 0.202 e. The lowest BCUT2D eigenvalue weighted by atomic mass is 9.73. The van der Waals surface area contributed by atoms with Crippen molar-refractivity contribution in [2.45, 2.75) is 184 Å². The molecule has 5 saturated heterocycles. The van der Waals surface area contributed by atoms with E-state index in [-0.39, 0.29) is 43.6 Å². The van der Waals surface area contributed by atoms with Gasteiger partial charge in [0.05, 0.1) is 119 Å². The van der Waals surface area contributed by atoms with Crippen LogP contribution in [0.15, 0.2) is 115 Å². The van der Waals surface area contributed by atoms with Crippen molar-refractivity contribution >= 4 is 149 Å². The Kier molecular flexibility index (Phi) is 26.6. The average molecular weight is 1950 g/mol. The molecule has 7 fully saturated rings. The van der Waals surface area contributed by atoms with Crippen LogP contribution in [0.5, 0.6) is 0 Å². The standard InChI is InChI=1S/C21H23Cl2FN6.C20H21Cl2FN6.C18H20ClFN6.C18H19ClFN5O.C16H21N7/c1-20(24)5-6-21(19(20)25)7-9-30(10-8-21)14-11-26-17-16(28-29-18(17)27-14)12-3-2-4-13(22)15(12)23;21-12-3-1-2-11(15(12)22)16-17-19(28-27-16)26-14(10-25-17)29-8-6-20(7-9-29)5-4-13(23)18(20)24;1-2-18(21)6-8-26(9-7-18)13-10-22-16-15(24-25-17(16)23-13)11-4-3-5-12(20)14(11)19;1-2-18(26)6-8-25(9-7-18)13-10-21-16-15(23-24-17(16)22-13)14-11(19)4-3-5-12(14)20;1-10-11(7-20-22-10)14-15-12(8-18-14)21-13(9-19-15)23-5-3-16(2,17)4-6-23/h2-4,11,19H,5-10,25H2,1H3,(H,27,28,29);1-3,10,13,18H,4-9,24H2,(H,26,27,28);3-5,10H,2,6-9,21H2,1H3,(H,23,24,25);3-5,10,26H,2,6-9H2,1H3,(H,22,23,24);7,9H,3-6,8,17H2,1-2H3,(H,20,22). The maximum absolute atomic E-state index is 14.6. The van der Waals surface area contributed by atoms with E-state index in [1.54, 1.807) is 74.3 Å². The van der Waals surface area contributed by atoms with Crippen LogP contribution in [0.1, 0.15) is 153 Å². The summed E-state index contributed by atoms with van der Waals surface area (Å²) in [5.74, 6) is 3.02. The number of hydrogen-bond donors (Lipinski definition) is 10. The zero-order valence-corrected chi connectivity index (χ0v) is 79.2. The largest absolute Gasteiger partial charge is 0.390 e. The third kappa shape index (κ3) is 18.7. The summed E-state index contributed by atoms with van der Waals surface area (Å²) in [5, 5.41) is 48.3. The van der Waals surface area contributed by atoms with Crippen LogP contribution in [0.2, 0.25) is 30.1 Å². The molecule has 41 heteroatoms. The van der Waals surface area contributed by atoms with E-state index in [0.717, 1.165) is 192 Å². The van der Waals surface area contributed by atoms with E-state index in [1.807, 2.05) is 44.3 Å². The predicted molar refractivity (Wildman–Crippen MR) is 519 cm³/mol. The summed E-state index contributed by atoms with van der Waals surface area (Å²) in [6.45, 7) is 18.6. The number of anilines is 5. The molecule has 4 atom stereocenters. The molecule has 134 heavy (non-hydrogen) atoms. The molecule has 0 bridgehead atoms. The fraction of sp³-hybridized carbons (Fsp3) is 0.441. The van der Waals surface area contributed by atoms with Gasteiger partial charge in [0.25, 0.3) is 0 Å². The van der Waals surface area contributed by atoms with E-state index in [4.69, 9.17) is 103 Å². The molecule has 2 saturated carbocycles. The van der Waals surface area contributed by atoms with Gasteiger partial charge in [-0.2, -0.15) is 25.5 Å². The summed E-state index contributed by atoms with van der Waals surface area (Å²) in [4.78, 5) is 61.6. The van der Waals surface area contributed by atoms with Gasteiger partial charge in [0, 0.05) is 117 Å². The molecule has 0 amide bonds. The third-order valence-electron chi connectivity index (χ3n) is 28.7. The first-order valence-corrected chi connectivity index (χ1v) is 47.5. The fourth-order valence-corrected chi connectivity index (χ4v) is 20.9. The average Bonchev–Trinajstić information content (AvgIpc) is 1.59. The number of H-pyrrole nitrogens is 5. The van der Waals surface area contributed by atoms with Gasteiger partial charge >= 0.3 is 0 Å². The lowest BCUT2D eigenvalue weighted by Crippen LogP contribution is -2.52. The van der Waals surface area contributed by atoms with Gasteiger partial charge < -0.3 is 52.5 Å². The van der Waals surface area contributed by atoms with E-state index in [1.165, 1.54) is 12.1 Å². The summed E-state index contributed by atoms with van der Waals surface area (Å²) in [6.07, 6.45) is 22.9. The van der Waals surface area contributed by atoms with Crippen LogP contribution in [0, 0.1) is 29.4 Å². The number of nitrogens with zero attached hydrogens (tertiary/aromatic N) is 21. The monoisotopic (exact) mass is 1940 g/mol. The number of halogens is 10. The van der Waals surface area contributed by atoms with E-state index < -0.39 is 35.1 Å². The number of aryl methyl sites for hydroxylation is 1. The van der Waals surface area contributed by atoms with E-state index >= 15 is 0 Å². The van der Waals surface area contributed by atoms with Gasteiger partial charge in [-0.25, -0.2) is 67.4 Å². The number of nitrogens with two attached hydrogens (primary N) is 4. The Labute approximate surface area is 799 Å². The second-order valence-corrected chi connectivity index (χ2v) is 39.3. The maximum atomic E-state index is 14.6. The Morgan fingerprint density at radius 1 is 0.448 bits per heavy atom. The molecule has 8 aliphatic rings. The first-order chi connectivity index (χ1) is 64.3. The number of aromatic nitrogens is 20. The summed E-state index contributed by atoms with van der Waals surface area (Å²) in [6, 6.07) is 19.3. The highest BCUT2D eigenvalue weighted by Crippen LogP contribution is 2.53. The molecule has 2 aliphatic carbocycles. The van der Waals surface area contributed by atoms with Gasteiger partial charge in [-0.05, 0) is 165 Å². The Balaban J connectivity index is 0.000000112. The van der Waals surface area contributed by atoms with Crippen LogP contribution in [0.25, 0.3) is 89.7 Å². The van der Waals surface area contributed by atoms with Crippen LogP contribution in [-0.4, -0.2) is 218 Å². The van der Waals surface area contributed by atoms with Crippen molar-refractivity contribution in [2.24, 2.45) is 38.8 Å². The highest BCUT2D eigenvalue weighted by Gasteiger charge is 2.55. The molecule has 2 spiro atoms. The van der Waals surface area contributed by atoms with Crippen LogP contribution < -0.4 is 47.4 Å². The van der Waals surface area contributed by atoms with Crippen molar-refractivity contribution in [1.29, 1.82) is 0 Å². The number of aliphatic hydroxyl groups is 1. The molecule has 10 aromatic heterocycles. The van der Waals surface area contributed by atoms with Gasteiger partial charge in [-0.3, -0.25) is 30.5 Å². The lowest BCUT2D eigenvalue weighted by molar-refractivity contribution is 0.0124. The third-order valence-corrected chi connectivity index (χ3v) is 31.0. The van der Waals surface area contributed by atoms with Crippen LogP contribution >= 0.6 is 69.6 Å². The molecule has 4 unspecified atom stereocenters. The predicted octanol–water partition coefficient (Wildman–Crippen LogP) is 17.4. The van der Waals surface area contributed by atoms with E-state index in [0.29, 0.717) is 144 Å². The fourth-order valence-electron chi connectivity index (χ4n) is 19.6. The van der Waals surface area contributed by atoms with E-state index in [9.17, 15) is 22.7 Å². The summed E-state index contributed by atoms with van der Waals surface area (Å²) in [5.41, 5.74) is 36.4. The van der Waals surface area contributed by atoms with Crippen LogP contribution in [0.3, 0.4) is 0 Å². The number of nitrogens with one attached hydrogen (secondary N) is 5. The Hall–Kier alpha value is -10.7. The highest BCUT2D eigenvalue weighted by molar-refractivity contribution is 6.44. The second kappa shape index (κ2) is 38.1. The minimum Gasteiger partial charge on any atom is -0.390 e. The molecular formula is C93H104Cl6F4N30O. The number of alkyl halides is 2. The minimum atomic E-state index is -1.27. The quantitative estimate of drug-likeness (QED) is 0.0508. The Bertz CT molecular complexity index is 6640. The highest BCUT2D eigenvalue weighted by atomic mass is 35.5. The van der Waals surface area contributed by atoms with Crippen molar-refractivity contribution in [3.05, 3.63) is 174 Å². The zero-order valence-electron chi connectivity index (χ0n) is 74.6. The molecule has 31 nitrogen and oxygen atoms in total. The number of benzene rings is 4. The van der Waals surface area contributed by atoms with Crippen LogP contribution in [-0.2, 0) is 6.54 Å². The Morgan fingerprint density at radius 2 is 0.858 bits per heavy atom. The smallest absolute Gasteiger partial charge is 0.202 e. The first kappa shape index (κ1) is 93.7. The topological polar surface area (TPSA) is 425 Å². The molecule has 6 aliphatic heterocycles. The van der Waals surface area contributed by atoms with Gasteiger partial charge in [0.2, 0.25) is 22.6 Å². The molecule has 4 aromatic carbocycles. The molecule has 14 aromatic rings. The number of fused-ring (bicyclic) bond motifs is 5. The summed E-state index contributed by atoms with van der Waals surface area (Å²) < 4.78 is 56.5. The summed E-state index contributed by atoms with van der Waals surface area (Å²) in [7, 11) is 0. The number of piperidine rings is 5. The molecule has 0 radical (unpaired) electrons. The summed E-state index contributed by atoms with van der Waals surface area (Å²) >= 11 is 37.2. The molecule has 702 valence electrons. The Morgan fingerprint density at radius 3 is 1.30 bits per heavy atom. The molecular weight excluding hydrogens is 1840 g/mol. The van der Waals surface area contributed by atoms with Crippen molar-refractivity contribution in [2.75, 3.05) is 89.9 Å². The van der Waals surface area contributed by atoms with Crippen molar-refractivity contribution in [3.8, 4) is 45.0 Å². The number of rotatable bonds is 12. The van der Waals surface area contributed by atoms with Crippen molar-refractivity contribution < 1.29 is 22.7 Å².